The molecule has 0 spiro atoms. The number of benzene rings is 2. The number of hydrogen-bond donors (Lipinski definition) is 0. The Balaban J connectivity index is 2.19. The highest BCUT2D eigenvalue weighted by Gasteiger charge is 2.14. The van der Waals surface area contributed by atoms with Gasteiger partial charge >= 0.3 is 12.1 Å². The van der Waals surface area contributed by atoms with E-state index in [9.17, 15) is 14.7 Å². The molecule has 19 heavy (non-hydrogen) atoms. The van der Waals surface area contributed by atoms with Crippen LogP contribution in [0.3, 0.4) is 0 Å². The number of carbonyl (C=O) groups is 2. The molecule has 5 heteroatoms. The van der Waals surface area contributed by atoms with E-state index >= 15 is 0 Å². The van der Waals surface area contributed by atoms with Crippen LogP contribution < -0.4 is 9.47 Å². The van der Waals surface area contributed by atoms with E-state index in [-0.39, 0.29) is 11.5 Å². The molecule has 0 aliphatic heterocycles. The first-order valence-electron chi connectivity index (χ1n) is 5.42. The van der Waals surface area contributed by atoms with Crippen molar-refractivity contribution in [3.63, 3.8) is 0 Å². The van der Waals surface area contributed by atoms with Crippen molar-refractivity contribution in [1.82, 2.24) is 0 Å². The summed E-state index contributed by atoms with van der Waals surface area (Å²) >= 11 is 0. The highest BCUT2D eigenvalue weighted by Crippen LogP contribution is 2.27. The lowest BCUT2D eigenvalue weighted by Crippen LogP contribution is -2.10. The van der Waals surface area contributed by atoms with Crippen LogP contribution in [-0.2, 0) is 5.11 Å². The third kappa shape index (κ3) is 3.32. The van der Waals surface area contributed by atoms with E-state index in [0.717, 1.165) is 0 Å². The maximum absolute atomic E-state index is 11.8. The van der Waals surface area contributed by atoms with Crippen molar-refractivity contribution in [2.45, 2.75) is 0 Å². The second-order valence-corrected chi connectivity index (χ2v) is 3.55. The Labute approximate surface area is 109 Å². The molecule has 0 N–H and O–H groups in total. The van der Waals surface area contributed by atoms with Gasteiger partial charge in [-0.15, -0.1) is 0 Å². The fraction of sp³-hybridized carbons (Fsp3) is 0. The molecule has 0 bridgehead atoms. The van der Waals surface area contributed by atoms with Crippen LogP contribution in [-0.4, -0.2) is 12.1 Å². The first-order valence-corrected chi connectivity index (χ1v) is 5.42. The lowest BCUT2D eigenvalue weighted by atomic mass is 10.2. The van der Waals surface area contributed by atoms with E-state index in [2.05, 4.69) is 4.74 Å². The quantitative estimate of drug-likeness (QED) is 0.481. The summed E-state index contributed by atoms with van der Waals surface area (Å²) in [5, 5.41) is 10.4. The highest BCUT2D eigenvalue weighted by atomic mass is 16.7. The molecule has 0 aliphatic rings. The van der Waals surface area contributed by atoms with Gasteiger partial charge in [0.1, 0.15) is 0 Å². The van der Waals surface area contributed by atoms with Crippen LogP contribution in [0.4, 0.5) is 4.79 Å². The fourth-order valence-corrected chi connectivity index (χ4v) is 1.44. The van der Waals surface area contributed by atoms with Crippen LogP contribution in [0.25, 0.3) is 0 Å². The molecule has 5 nitrogen and oxygen atoms in total. The predicted octanol–water partition coefficient (Wildman–Crippen LogP) is 2.84. The summed E-state index contributed by atoms with van der Waals surface area (Å²) in [5.74, 6) is -0.678. The molecule has 0 saturated carbocycles. The largest absolute Gasteiger partial charge is 0.555 e. The molecule has 0 saturated heterocycles. The number of hydrogen-bond acceptors (Lipinski definition) is 4. The normalized spacial score (nSPS) is 9.68. The predicted molar refractivity (Wildman–Crippen MR) is 64.6 cm³/mol. The van der Waals surface area contributed by atoms with Crippen molar-refractivity contribution in [2.75, 3.05) is 0 Å². The Morgan fingerprint density at radius 3 is 1.84 bits per heavy atom. The van der Waals surface area contributed by atoms with Crippen molar-refractivity contribution < 1.29 is 24.2 Å². The summed E-state index contributed by atoms with van der Waals surface area (Å²) in [4.78, 5) is 22.2. The lowest BCUT2D eigenvalue weighted by Gasteiger charge is -2.07. The number of rotatable bonds is 3. The van der Waals surface area contributed by atoms with Gasteiger partial charge in [-0.1, -0.05) is 30.3 Å². The Morgan fingerprint density at radius 2 is 1.26 bits per heavy atom. The van der Waals surface area contributed by atoms with E-state index in [1.165, 1.54) is 12.1 Å². The monoisotopic (exact) mass is 257 g/mol. The smallest absolute Gasteiger partial charge is 0.419 e. The SMILES string of the molecule is [O]C(=O)Oc1ccccc1OC(=O)c1ccccc1. The van der Waals surface area contributed by atoms with Gasteiger partial charge in [0, 0.05) is 0 Å². The first kappa shape index (κ1) is 12.6. The van der Waals surface area contributed by atoms with Gasteiger partial charge in [-0.25, -0.2) is 4.79 Å². The Morgan fingerprint density at radius 1 is 0.737 bits per heavy atom. The number of para-hydroxylation sites is 2. The second-order valence-electron chi connectivity index (χ2n) is 3.55. The fourth-order valence-electron chi connectivity index (χ4n) is 1.44. The van der Waals surface area contributed by atoms with Gasteiger partial charge < -0.3 is 9.47 Å². The zero-order chi connectivity index (χ0) is 13.7. The van der Waals surface area contributed by atoms with E-state index < -0.39 is 12.1 Å². The van der Waals surface area contributed by atoms with Gasteiger partial charge in [-0.2, -0.15) is 9.90 Å². The van der Waals surface area contributed by atoms with Gasteiger partial charge in [-0.05, 0) is 24.3 Å². The van der Waals surface area contributed by atoms with Crippen LogP contribution in [0.2, 0.25) is 0 Å². The third-order valence-electron chi connectivity index (χ3n) is 2.25. The molecule has 0 amide bonds. The summed E-state index contributed by atoms with van der Waals surface area (Å²) in [5.41, 5.74) is 0.353. The van der Waals surface area contributed by atoms with E-state index in [4.69, 9.17) is 4.74 Å². The molecule has 2 aromatic rings. The van der Waals surface area contributed by atoms with Crippen molar-refractivity contribution >= 4 is 12.1 Å². The van der Waals surface area contributed by atoms with Crippen molar-refractivity contribution in [2.24, 2.45) is 0 Å². The van der Waals surface area contributed by atoms with Crippen LogP contribution in [0.1, 0.15) is 10.4 Å². The average molecular weight is 257 g/mol. The molecule has 95 valence electrons. The second kappa shape index (κ2) is 5.68. The lowest BCUT2D eigenvalue weighted by molar-refractivity contribution is 0.0721. The van der Waals surface area contributed by atoms with Gasteiger partial charge in [0.15, 0.2) is 11.5 Å². The first-order chi connectivity index (χ1) is 9.16. The summed E-state index contributed by atoms with van der Waals surface area (Å²) in [6.07, 6.45) is -1.72. The van der Waals surface area contributed by atoms with Crippen LogP contribution in [0.15, 0.2) is 54.6 Å². The molecule has 2 aromatic carbocycles. The van der Waals surface area contributed by atoms with Gasteiger partial charge in [-0.3, -0.25) is 0 Å². The third-order valence-corrected chi connectivity index (χ3v) is 2.25. The minimum Gasteiger partial charge on any atom is -0.419 e. The van der Waals surface area contributed by atoms with Crippen LogP contribution in [0, 0.1) is 0 Å². The summed E-state index contributed by atoms with van der Waals surface area (Å²) in [7, 11) is 0. The summed E-state index contributed by atoms with van der Waals surface area (Å²) < 4.78 is 9.49. The Bertz CT molecular complexity index is 592. The van der Waals surface area contributed by atoms with Crippen LogP contribution >= 0.6 is 0 Å². The molecule has 1 radical (unpaired) electrons. The zero-order valence-corrected chi connectivity index (χ0v) is 9.74. The van der Waals surface area contributed by atoms with E-state index in [1.807, 2.05) is 0 Å². The Hall–Kier alpha value is -2.82. The summed E-state index contributed by atoms with van der Waals surface area (Å²) in [6.45, 7) is 0. The average Bonchev–Trinajstić information content (AvgIpc) is 2.41. The number of esters is 1. The molecular weight excluding hydrogens is 248 g/mol. The van der Waals surface area contributed by atoms with E-state index in [0.29, 0.717) is 5.56 Å². The van der Waals surface area contributed by atoms with Gasteiger partial charge in [0.05, 0.1) is 5.56 Å². The minimum absolute atomic E-state index is 0.0144. The van der Waals surface area contributed by atoms with Crippen molar-refractivity contribution in [1.29, 1.82) is 0 Å². The maximum atomic E-state index is 11.8. The zero-order valence-electron chi connectivity index (χ0n) is 9.74. The topological polar surface area (TPSA) is 72.5 Å². The summed E-state index contributed by atoms with van der Waals surface area (Å²) in [6, 6.07) is 14.3. The highest BCUT2D eigenvalue weighted by molar-refractivity contribution is 5.91. The van der Waals surface area contributed by atoms with Crippen LogP contribution in [0.5, 0.6) is 11.5 Å². The molecule has 0 aliphatic carbocycles. The number of carbonyl (C=O) groups excluding carboxylic acids is 2. The van der Waals surface area contributed by atoms with Gasteiger partial charge in [0.2, 0.25) is 0 Å². The molecule has 2 rings (SSSR count). The molecule has 0 fully saturated rings. The van der Waals surface area contributed by atoms with Crippen molar-refractivity contribution in [3.8, 4) is 11.5 Å². The standard InChI is InChI=1S/C14H9O5/c15-13(10-6-2-1-3-7-10)18-11-8-4-5-9-12(11)19-14(16)17/h1-9H. The molecule has 0 atom stereocenters. The Kier molecular flexibility index (Phi) is 3.78. The molecule has 0 heterocycles. The van der Waals surface area contributed by atoms with Crippen molar-refractivity contribution in [3.05, 3.63) is 60.2 Å². The number of ether oxygens (including phenoxy) is 2. The molecule has 0 unspecified atom stereocenters. The van der Waals surface area contributed by atoms with E-state index in [1.54, 1.807) is 42.5 Å². The maximum Gasteiger partial charge on any atom is 0.555 e. The minimum atomic E-state index is -1.72. The molecule has 0 aromatic heterocycles. The molecular formula is C14H9O5. The van der Waals surface area contributed by atoms with Gasteiger partial charge in [0.25, 0.3) is 0 Å².